The van der Waals surface area contributed by atoms with Crippen molar-refractivity contribution in [3.8, 4) is 0 Å². The van der Waals surface area contributed by atoms with Crippen LogP contribution in [-0.4, -0.2) is 0 Å². The molecule has 0 spiro atoms. The molecule has 0 saturated carbocycles. The van der Waals surface area contributed by atoms with Gasteiger partial charge in [0.2, 0.25) is 0 Å². The molecular weight excluding hydrogens is 156 g/mol. The Bertz CT molecular complexity index is 133. The van der Waals surface area contributed by atoms with E-state index < -0.39 is 0 Å². The van der Waals surface area contributed by atoms with Gasteiger partial charge in [-0.25, -0.2) is 0 Å². The van der Waals surface area contributed by atoms with Crippen LogP contribution in [0.1, 0.15) is 61.3 Å². The summed E-state index contributed by atoms with van der Waals surface area (Å²) in [7, 11) is 0. The molecule has 0 amide bonds. The Balaban J connectivity index is 4.06. The van der Waals surface area contributed by atoms with Crippen LogP contribution in [-0.2, 0) is 0 Å². The quantitative estimate of drug-likeness (QED) is 0.579. The molecule has 0 bridgehead atoms. The van der Waals surface area contributed by atoms with Crippen LogP contribution < -0.4 is 0 Å². The maximum atomic E-state index is 2.41. The van der Waals surface area contributed by atoms with Gasteiger partial charge in [-0.2, -0.15) is 0 Å². The summed E-state index contributed by atoms with van der Waals surface area (Å²) in [6, 6.07) is 0. The molecule has 13 heavy (non-hydrogen) atoms. The van der Waals surface area contributed by atoms with Crippen molar-refractivity contribution >= 4 is 0 Å². The fraction of sp³-hybridized carbons (Fsp3) is 1.00. The molecule has 2 unspecified atom stereocenters. The van der Waals surface area contributed by atoms with Crippen molar-refractivity contribution in [1.29, 1.82) is 0 Å². The van der Waals surface area contributed by atoms with E-state index in [4.69, 9.17) is 0 Å². The summed E-state index contributed by atoms with van der Waals surface area (Å²) in [6.07, 6.45) is 2.66. The molecule has 0 saturated heterocycles. The van der Waals surface area contributed by atoms with E-state index in [1.165, 1.54) is 12.8 Å². The van der Waals surface area contributed by atoms with Crippen LogP contribution >= 0.6 is 0 Å². The molecule has 0 heteroatoms. The largest absolute Gasteiger partial charge is 0.0649 e. The van der Waals surface area contributed by atoms with Crippen molar-refractivity contribution in [1.82, 2.24) is 0 Å². The average molecular weight is 184 g/mol. The van der Waals surface area contributed by atoms with E-state index in [1.54, 1.807) is 0 Å². The third kappa shape index (κ3) is 4.15. The standard InChI is InChI=1S/C13H28/c1-8-13(6,7)12(5)9-11(4)10(2)3/h10-12H,8-9H2,1-7H3. The highest BCUT2D eigenvalue weighted by atomic mass is 14.3. The van der Waals surface area contributed by atoms with E-state index in [0.29, 0.717) is 5.41 Å². The van der Waals surface area contributed by atoms with Crippen LogP contribution in [0.3, 0.4) is 0 Å². The lowest BCUT2D eigenvalue weighted by atomic mass is 9.72. The Morgan fingerprint density at radius 3 is 1.77 bits per heavy atom. The highest BCUT2D eigenvalue weighted by Gasteiger charge is 2.25. The van der Waals surface area contributed by atoms with Gasteiger partial charge >= 0.3 is 0 Å². The van der Waals surface area contributed by atoms with Crippen molar-refractivity contribution in [2.75, 3.05) is 0 Å². The third-order valence-corrected chi connectivity index (χ3v) is 4.11. The van der Waals surface area contributed by atoms with Crippen LogP contribution in [0.25, 0.3) is 0 Å². The first-order valence-corrected chi connectivity index (χ1v) is 5.81. The first-order valence-electron chi connectivity index (χ1n) is 5.81. The Hall–Kier alpha value is 0. The van der Waals surface area contributed by atoms with E-state index in [1.807, 2.05) is 0 Å². The van der Waals surface area contributed by atoms with Crippen molar-refractivity contribution in [2.24, 2.45) is 23.2 Å². The molecule has 0 radical (unpaired) electrons. The van der Waals surface area contributed by atoms with E-state index in [9.17, 15) is 0 Å². The molecule has 2 atom stereocenters. The lowest BCUT2D eigenvalue weighted by molar-refractivity contribution is 0.173. The Morgan fingerprint density at radius 1 is 1.00 bits per heavy atom. The maximum absolute atomic E-state index is 2.41. The van der Waals surface area contributed by atoms with Gasteiger partial charge in [0.25, 0.3) is 0 Å². The lowest BCUT2D eigenvalue weighted by Crippen LogP contribution is -2.23. The second-order valence-electron chi connectivity index (χ2n) is 5.70. The molecule has 0 aromatic heterocycles. The Morgan fingerprint density at radius 2 is 1.46 bits per heavy atom. The number of hydrogen-bond acceptors (Lipinski definition) is 0. The fourth-order valence-electron chi connectivity index (χ4n) is 1.50. The zero-order chi connectivity index (χ0) is 10.6. The maximum Gasteiger partial charge on any atom is -0.0331 e. The van der Waals surface area contributed by atoms with Gasteiger partial charge in [-0.05, 0) is 29.6 Å². The second kappa shape index (κ2) is 5.02. The van der Waals surface area contributed by atoms with Crippen molar-refractivity contribution in [3.63, 3.8) is 0 Å². The van der Waals surface area contributed by atoms with Gasteiger partial charge in [-0.3, -0.25) is 0 Å². The summed E-state index contributed by atoms with van der Waals surface area (Å²) < 4.78 is 0. The summed E-state index contributed by atoms with van der Waals surface area (Å²) in [4.78, 5) is 0. The summed E-state index contributed by atoms with van der Waals surface area (Å²) in [6.45, 7) is 16.5. The SMILES string of the molecule is CCC(C)(C)C(C)CC(C)C(C)C. The highest BCUT2D eigenvalue weighted by Crippen LogP contribution is 2.35. The minimum absolute atomic E-state index is 0.517. The van der Waals surface area contributed by atoms with Crippen LogP contribution in [0.4, 0.5) is 0 Å². The summed E-state index contributed by atoms with van der Waals surface area (Å²) in [5, 5.41) is 0. The zero-order valence-electron chi connectivity index (χ0n) is 10.6. The van der Waals surface area contributed by atoms with Crippen LogP contribution in [0.2, 0.25) is 0 Å². The number of rotatable bonds is 5. The lowest BCUT2D eigenvalue weighted by Gasteiger charge is -2.33. The summed E-state index contributed by atoms with van der Waals surface area (Å²) >= 11 is 0. The molecule has 0 heterocycles. The molecule has 0 aliphatic heterocycles. The average Bonchev–Trinajstić information content (AvgIpc) is 2.04. The monoisotopic (exact) mass is 184 g/mol. The predicted octanol–water partition coefficient (Wildman–Crippen LogP) is 4.74. The topological polar surface area (TPSA) is 0 Å². The van der Waals surface area contributed by atoms with E-state index in [2.05, 4.69) is 48.5 Å². The molecule has 0 aliphatic rings. The van der Waals surface area contributed by atoms with Gasteiger partial charge in [0.15, 0.2) is 0 Å². The van der Waals surface area contributed by atoms with Crippen molar-refractivity contribution in [3.05, 3.63) is 0 Å². The minimum atomic E-state index is 0.517. The van der Waals surface area contributed by atoms with Crippen molar-refractivity contribution < 1.29 is 0 Å². The van der Waals surface area contributed by atoms with Gasteiger partial charge < -0.3 is 0 Å². The normalized spacial score (nSPS) is 17.5. The van der Waals surface area contributed by atoms with Gasteiger partial charge in [0.1, 0.15) is 0 Å². The second-order valence-corrected chi connectivity index (χ2v) is 5.70. The Kier molecular flexibility index (Phi) is 5.02. The first-order chi connectivity index (χ1) is 5.81. The molecule has 0 aromatic carbocycles. The molecule has 0 nitrogen and oxygen atoms in total. The first kappa shape index (κ1) is 13.0. The van der Waals surface area contributed by atoms with Gasteiger partial charge in [0.05, 0.1) is 0 Å². The van der Waals surface area contributed by atoms with E-state index in [-0.39, 0.29) is 0 Å². The molecule has 0 aliphatic carbocycles. The van der Waals surface area contributed by atoms with E-state index in [0.717, 1.165) is 17.8 Å². The van der Waals surface area contributed by atoms with Gasteiger partial charge in [-0.15, -0.1) is 0 Å². The Labute approximate surface area is 85.1 Å². The number of hydrogen-bond donors (Lipinski definition) is 0. The van der Waals surface area contributed by atoms with Crippen LogP contribution in [0, 0.1) is 23.2 Å². The molecule has 0 rings (SSSR count). The zero-order valence-corrected chi connectivity index (χ0v) is 10.6. The van der Waals surface area contributed by atoms with E-state index >= 15 is 0 Å². The van der Waals surface area contributed by atoms with Gasteiger partial charge in [0, 0.05) is 0 Å². The van der Waals surface area contributed by atoms with Crippen LogP contribution in [0.15, 0.2) is 0 Å². The molecule has 0 N–H and O–H groups in total. The smallest absolute Gasteiger partial charge is 0.0331 e. The van der Waals surface area contributed by atoms with Crippen LogP contribution in [0.5, 0.6) is 0 Å². The fourth-order valence-corrected chi connectivity index (χ4v) is 1.50. The molecule has 0 fully saturated rings. The molecule has 80 valence electrons. The molecule has 0 aromatic rings. The highest BCUT2D eigenvalue weighted by molar-refractivity contribution is 4.76. The van der Waals surface area contributed by atoms with Gasteiger partial charge in [-0.1, -0.05) is 54.9 Å². The molecular formula is C13H28. The summed E-state index contributed by atoms with van der Waals surface area (Å²) in [5.74, 6) is 2.53. The van der Waals surface area contributed by atoms with Crippen molar-refractivity contribution in [2.45, 2.75) is 61.3 Å². The minimum Gasteiger partial charge on any atom is -0.0649 e. The predicted molar refractivity (Wildman–Crippen MR) is 61.9 cm³/mol. The third-order valence-electron chi connectivity index (χ3n) is 4.11. The summed E-state index contributed by atoms with van der Waals surface area (Å²) in [5.41, 5.74) is 0.517.